The maximum absolute atomic E-state index is 14.2. The predicted octanol–water partition coefficient (Wildman–Crippen LogP) is 5.35. The molecular weight excluding hydrogens is 624 g/mol. The van der Waals surface area contributed by atoms with Gasteiger partial charge in [-0.25, -0.2) is 9.10 Å². The summed E-state index contributed by atoms with van der Waals surface area (Å²) in [5.41, 5.74) is -0.452. The van der Waals surface area contributed by atoms with E-state index < -0.39 is 35.4 Å². The van der Waals surface area contributed by atoms with E-state index >= 15 is 0 Å². The van der Waals surface area contributed by atoms with Crippen molar-refractivity contribution in [3.05, 3.63) is 58.6 Å². The van der Waals surface area contributed by atoms with E-state index in [1.54, 1.807) is 21.9 Å². The first kappa shape index (κ1) is 34.3. The van der Waals surface area contributed by atoms with Gasteiger partial charge in [-0.1, -0.05) is 50.7 Å². The summed E-state index contributed by atoms with van der Waals surface area (Å²) in [5.74, 6) is -0.191. The van der Waals surface area contributed by atoms with E-state index in [4.69, 9.17) is 16.3 Å². The third kappa shape index (κ3) is 8.56. The van der Waals surface area contributed by atoms with Gasteiger partial charge < -0.3 is 25.2 Å². The van der Waals surface area contributed by atoms with Crippen LogP contribution in [0, 0.1) is 6.92 Å². The molecule has 4 amide bonds. The van der Waals surface area contributed by atoms with E-state index in [1.165, 1.54) is 24.9 Å². The lowest BCUT2D eigenvalue weighted by molar-refractivity contribution is -0.168. The molecule has 2 saturated heterocycles. The fourth-order valence-electron chi connectivity index (χ4n) is 5.28. The van der Waals surface area contributed by atoms with Gasteiger partial charge in [-0.05, 0) is 71.2 Å². The minimum absolute atomic E-state index is 0.0949. The van der Waals surface area contributed by atoms with Gasteiger partial charge in [-0.3, -0.25) is 9.59 Å². The molecule has 4 rings (SSSR count). The fraction of sp³-hybridized carbons (Fsp3) is 0.516. The Morgan fingerprint density at radius 3 is 2.34 bits per heavy atom. The Bertz CT molecular complexity index is 1380. The number of ether oxygens (including phenoxy) is 1. The minimum atomic E-state index is -1.96. The number of alkyl halides is 1. The number of urea groups is 1. The number of carbonyl (C=O) groups excluding carboxylic acids is 3. The number of halogens is 2. The maximum atomic E-state index is 14.2. The van der Waals surface area contributed by atoms with Gasteiger partial charge in [0.1, 0.15) is 24.0 Å². The second-order valence-electron chi connectivity index (χ2n) is 12.8. The molecule has 5 unspecified atom stereocenters. The number of piperazine rings is 1. The second kappa shape index (κ2) is 13.4. The molecule has 0 aliphatic carbocycles. The number of nitrogens with zero attached hydrogens (tertiary/aromatic N) is 3. The largest absolute Gasteiger partial charge is 0.455 e. The molecule has 2 fully saturated rings. The van der Waals surface area contributed by atoms with E-state index in [-0.39, 0.29) is 36.7 Å². The monoisotopic (exact) mass is 665 g/mol. The fourth-order valence-corrected chi connectivity index (χ4v) is 6.73. The molecule has 13 heteroatoms. The van der Waals surface area contributed by atoms with Crippen LogP contribution in [-0.2, 0) is 16.0 Å². The molecule has 0 aromatic heterocycles. The van der Waals surface area contributed by atoms with Crippen LogP contribution >= 0.6 is 32.8 Å². The molecule has 0 radical (unpaired) electrons. The summed E-state index contributed by atoms with van der Waals surface area (Å²) in [7, 11) is 1.98. The number of hydrogen-bond acceptors (Lipinski definition) is 6. The molecule has 0 spiro atoms. The summed E-state index contributed by atoms with van der Waals surface area (Å²) < 4.78 is 21.4. The minimum Gasteiger partial charge on any atom is -0.455 e. The first-order chi connectivity index (χ1) is 20.4. The summed E-state index contributed by atoms with van der Waals surface area (Å²) in [5, 5.41) is 6.04. The average molecular weight is 666 g/mol. The molecule has 240 valence electrons. The van der Waals surface area contributed by atoms with Gasteiger partial charge in [0.15, 0.2) is 0 Å². The van der Waals surface area contributed by atoms with Crippen molar-refractivity contribution in [2.45, 2.75) is 95.2 Å². The molecular formula is C31H42ClFN5O4PS. The molecule has 2 aromatic carbocycles. The van der Waals surface area contributed by atoms with Crippen molar-refractivity contribution >= 4 is 50.6 Å². The predicted molar refractivity (Wildman–Crippen MR) is 175 cm³/mol. The smallest absolute Gasteiger partial charge is 0.315 e. The third-order valence-corrected chi connectivity index (χ3v) is 8.96. The van der Waals surface area contributed by atoms with Gasteiger partial charge in [-0.2, -0.15) is 4.39 Å². The molecule has 44 heavy (non-hydrogen) atoms. The van der Waals surface area contributed by atoms with Crippen LogP contribution in [0.15, 0.2) is 47.4 Å². The van der Waals surface area contributed by atoms with E-state index in [0.717, 1.165) is 11.1 Å². The number of benzene rings is 2. The number of amides is 4. The summed E-state index contributed by atoms with van der Waals surface area (Å²) in [6.07, 6.45) is -0.173. The van der Waals surface area contributed by atoms with E-state index in [0.29, 0.717) is 16.3 Å². The van der Waals surface area contributed by atoms with Crippen molar-refractivity contribution in [1.82, 2.24) is 24.7 Å². The highest BCUT2D eigenvalue weighted by atomic mass is 35.5. The summed E-state index contributed by atoms with van der Waals surface area (Å²) in [6.45, 7) is 13.2. The van der Waals surface area contributed by atoms with Crippen LogP contribution in [0.25, 0.3) is 0 Å². The highest BCUT2D eigenvalue weighted by Crippen LogP contribution is 2.39. The van der Waals surface area contributed by atoms with Crippen LogP contribution in [0.1, 0.15) is 52.7 Å². The van der Waals surface area contributed by atoms with E-state index in [1.807, 2.05) is 79.4 Å². The zero-order valence-corrected chi connectivity index (χ0v) is 28.9. The second-order valence-corrected chi connectivity index (χ2v) is 15.3. The summed E-state index contributed by atoms with van der Waals surface area (Å²) in [6, 6.07) is 10.5. The van der Waals surface area contributed by atoms with Crippen LogP contribution in [0.3, 0.4) is 0 Å². The number of hydrogen-bond donors (Lipinski definition) is 2. The molecule has 2 aliphatic rings. The number of aryl methyl sites for hydroxylation is 1. The number of rotatable bonds is 8. The molecule has 0 saturated carbocycles. The van der Waals surface area contributed by atoms with Crippen LogP contribution in [0.5, 0.6) is 5.75 Å². The van der Waals surface area contributed by atoms with Gasteiger partial charge >= 0.3 is 6.03 Å². The Kier molecular flexibility index (Phi) is 10.5. The lowest BCUT2D eigenvalue weighted by atomic mass is 9.96. The summed E-state index contributed by atoms with van der Waals surface area (Å²) >= 11 is 7.96. The molecule has 2 aliphatic heterocycles. The average Bonchev–Trinajstić information content (AvgIpc) is 2.88. The highest BCUT2D eigenvalue weighted by molar-refractivity contribution is 7.97. The first-order valence-electron chi connectivity index (χ1n) is 14.6. The Hall–Kier alpha value is -2.59. The quantitative estimate of drug-likeness (QED) is 0.292. The van der Waals surface area contributed by atoms with Crippen LogP contribution in [0.2, 0.25) is 5.02 Å². The number of fused-ring (bicyclic) bond motifs is 1. The third-order valence-electron chi connectivity index (χ3n) is 7.24. The molecule has 2 heterocycles. The van der Waals surface area contributed by atoms with Crippen molar-refractivity contribution in [2.24, 2.45) is 0 Å². The zero-order chi connectivity index (χ0) is 32.6. The Balaban J connectivity index is 1.72. The van der Waals surface area contributed by atoms with Crippen LogP contribution in [0.4, 0.5) is 9.18 Å². The molecule has 0 bridgehead atoms. The van der Waals surface area contributed by atoms with Crippen LogP contribution < -0.4 is 15.4 Å². The van der Waals surface area contributed by atoms with Crippen molar-refractivity contribution < 1.29 is 23.5 Å². The number of carbonyl (C=O) groups is 3. The topological polar surface area (TPSA) is 94.2 Å². The summed E-state index contributed by atoms with van der Waals surface area (Å²) in [4.78, 5) is 45.2. The van der Waals surface area contributed by atoms with Crippen molar-refractivity contribution in [3.63, 3.8) is 0 Å². The standard InChI is InChI=1S/C31H42ClFN5O4PS/c1-18(2)36-17-26-37(44-25-13-12-21(15-22(25)32)42-31(7,33)43)16-23(34-29(41)35-30(4,5)6)27(39)38(26)24(28(36)40)14-20-10-8-19(3)9-11-20/h8-13,15,18,23-24,26H,14,16-17,43H2,1-7H3,(H2,34,35,41). The Labute approximate surface area is 270 Å². The first-order valence-corrected chi connectivity index (χ1v) is 16.3. The molecule has 5 atom stereocenters. The molecule has 9 nitrogen and oxygen atoms in total. The lowest BCUT2D eigenvalue weighted by Crippen LogP contribution is -2.75. The van der Waals surface area contributed by atoms with E-state index in [9.17, 15) is 18.8 Å². The van der Waals surface area contributed by atoms with Crippen molar-refractivity contribution in [3.8, 4) is 5.75 Å². The Morgan fingerprint density at radius 1 is 1.11 bits per heavy atom. The lowest BCUT2D eigenvalue weighted by Gasteiger charge is -2.54. The van der Waals surface area contributed by atoms with Gasteiger partial charge in [0, 0.05) is 42.4 Å². The Morgan fingerprint density at radius 2 is 1.77 bits per heavy atom. The SMILES string of the molecule is Cc1ccc(CC2C(=O)N(C(C)C)CC3N(Sc4ccc(OC(C)(F)P)cc4Cl)CC(NC(=O)NC(C)(C)C)C(=O)N23)cc1. The van der Waals surface area contributed by atoms with Gasteiger partial charge in [0.2, 0.25) is 11.8 Å². The zero-order valence-electron chi connectivity index (χ0n) is 26.2. The van der Waals surface area contributed by atoms with Gasteiger partial charge in [0.25, 0.3) is 5.60 Å². The molecule has 2 N–H and O–H groups in total. The number of nitrogens with one attached hydrogen (secondary N) is 2. The normalized spacial score (nSPS) is 22.5. The van der Waals surface area contributed by atoms with Crippen molar-refractivity contribution in [2.75, 3.05) is 13.1 Å². The van der Waals surface area contributed by atoms with Gasteiger partial charge in [-0.15, -0.1) is 0 Å². The van der Waals surface area contributed by atoms with Gasteiger partial charge in [0.05, 0.1) is 11.6 Å². The van der Waals surface area contributed by atoms with Crippen LogP contribution in [-0.4, -0.2) is 80.5 Å². The highest BCUT2D eigenvalue weighted by Gasteiger charge is 2.51. The maximum Gasteiger partial charge on any atom is 0.315 e. The van der Waals surface area contributed by atoms with E-state index in [2.05, 4.69) is 10.6 Å². The van der Waals surface area contributed by atoms with Crippen molar-refractivity contribution in [1.29, 1.82) is 0 Å². The molecule has 2 aromatic rings.